The van der Waals surface area contributed by atoms with E-state index >= 15 is 0 Å². The molecule has 9 nitrogen and oxygen atoms in total. The van der Waals surface area contributed by atoms with Gasteiger partial charge in [-0.25, -0.2) is 18.0 Å². The zero-order valence-electron chi connectivity index (χ0n) is 18.8. The van der Waals surface area contributed by atoms with Crippen LogP contribution >= 0.6 is 0 Å². The second-order valence-electron chi connectivity index (χ2n) is 7.26. The van der Waals surface area contributed by atoms with Crippen LogP contribution in [0.4, 0.5) is 11.4 Å². The molecule has 172 valence electrons. The van der Waals surface area contributed by atoms with Crippen molar-refractivity contribution in [3.05, 3.63) is 58.7 Å². The average Bonchev–Trinajstić information content (AvgIpc) is 2.74. The minimum atomic E-state index is -3.84. The molecule has 2 aromatic rings. The van der Waals surface area contributed by atoms with Crippen molar-refractivity contribution < 1.29 is 32.3 Å². The zero-order chi connectivity index (χ0) is 24.2. The molecule has 0 saturated heterocycles. The Morgan fingerprint density at radius 3 is 2.16 bits per heavy atom. The molecule has 0 heterocycles. The summed E-state index contributed by atoms with van der Waals surface area (Å²) in [5, 5.41) is 2.55. The number of amides is 1. The number of carbonyl (C=O) groups excluding carboxylic acids is 3. The Balaban J connectivity index is 2.50. The second kappa shape index (κ2) is 9.82. The van der Waals surface area contributed by atoms with E-state index in [1.165, 1.54) is 39.3 Å². The molecular weight excluding hydrogens is 436 g/mol. The smallest absolute Gasteiger partial charge is 0.339 e. The number of hydrogen-bond donors (Lipinski definition) is 1. The van der Waals surface area contributed by atoms with Gasteiger partial charge in [0.15, 0.2) is 0 Å². The van der Waals surface area contributed by atoms with E-state index in [0.717, 1.165) is 16.1 Å². The SMILES string of the molecule is COC(=O)c1ccc(C(=O)OC)c(NC(=O)[C@H](C)N(c2cc(C)ccc2C)S(C)(=O)=O)c1. The number of carbonyl (C=O) groups is 3. The highest BCUT2D eigenvalue weighted by atomic mass is 32.2. The Morgan fingerprint density at radius 1 is 0.969 bits per heavy atom. The predicted octanol–water partition coefficient (Wildman–Crippen LogP) is 2.67. The van der Waals surface area contributed by atoms with Gasteiger partial charge < -0.3 is 14.8 Å². The quantitative estimate of drug-likeness (QED) is 0.628. The van der Waals surface area contributed by atoms with Crippen molar-refractivity contribution in [1.29, 1.82) is 0 Å². The highest BCUT2D eigenvalue weighted by Crippen LogP contribution is 2.27. The van der Waals surface area contributed by atoms with Crippen molar-refractivity contribution in [3.8, 4) is 0 Å². The first-order valence-corrected chi connectivity index (χ1v) is 11.4. The molecule has 0 aliphatic heterocycles. The summed E-state index contributed by atoms with van der Waals surface area (Å²) in [5.41, 5.74) is 1.95. The largest absolute Gasteiger partial charge is 0.465 e. The minimum absolute atomic E-state index is 0.00153. The lowest BCUT2D eigenvalue weighted by Gasteiger charge is -2.30. The maximum Gasteiger partial charge on any atom is 0.339 e. The van der Waals surface area contributed by atoms with Gasteiger partial charge in [0.1, 0.15) is 6.04 Å². The average molecular weight is 463 g/mol. The fourth-order valence-electron chi connectivity index (χ4n) is 3.16. The number of ether oxygens (including phenoxy) is 2. The van der Waals surface area contributed by atoms with Gasteiger partial charge in [-0.05, 0) is 56.2 Å². The van der Waals surface area contributed by atoms with Crippen molar-refractivity contribution in [3.63, 3.8) is 0 Å². The van der Waals surface area contributed by atoms with Crippen LogP contribution in [0.1, 0.15) is 38.8 Å². The van der Waals surface area contributed by atoms with Gasteiger partial charge in [-0.2, -0.15) is 0 Å². The highest BCUT2D eigenvalue weighted by Gasteiger charge is 2.31. The van der Waals surface area contributed by atoms with Crippen LogP contribution in [0.5, 0.6) is 0 Å². The molecular formula is C22H26N2O7S. The van der Waals surface area contributed by atoms with Crippen molar-refractivity contribution >= 4 is 39.2 Å². The molecule has 1 amide bonds. The number of benzene rings is 2. The number of sulfonamides is 1. The summed E-state index contributed by atoms with van der Waals surface area (Å²) in [6, 6.07) is 8.06. The first kappa shape index (κ1) is 24.9. The van der Waals surface area contributed by atoms with E-state index in [4.69, 9.17) is 4.74 Å². The molecule has 0 spiro atoms. The molecule has 0 aliphatic rings. The molecule has 1 N–H and O–H groups in total. The summed E-state index contributed by atoms with van der Waals surface area (Å²) in [7, 11) is -1.47. The summed E-state index contributed by atoms with van der Waals surface area (Å²) in [5.74, 6) is -2.11. The summed E-state index contributed by atoms with van der Waals surface area (Å²) in [6.45, 7) is 4.99. The van der Waals surface area contributed by atoms with E-state index in [2.05, 4.69) is 10.1 Å². The lowest BCUT2D eigenvalue weighted by molar-refractivity contribution is -0.116. The Hall–Kier alpha value is -3.40. The van der Waals surface area contributed by atoms with Crippen LogP contribution in [0.15, 0.2) is 36.4 Å². The molecule has 0 bridgehead atoms. The molecule has 2 aromatic carbocycles. The van der Waals surface area contributed by atoms with Gasteiger partial charge in [-0.15, -0.1) is 0 Å². The number of nitrogens with zero attached hydrogens (tertiary/aromatic N) is 1. The van der Waals surface area contributed by atoms with Gasteiger partial charge >= 0.3 is 11.9 Å². The third-order valence-electron chi connectivity index (χ3n) is 4.79. The topological polar surface area (TPSA) is 119 Å². The molecule has 10 heteroatoms. The Morgan fingerprint density at radius 2 is 1.59 bits per heavy atom. The van der Waals surface area contributed by atoms with E-state index in [1.54, 1.807) is 19.1 Å². The lowest BCUT2D eigenvalue weighted by Crippen LogP contribution is -2.45. The number of nitrogens with one attached hydrogen (secondary N) is 1. The summed E-state index contributed by atoms with van der Waals surface area (Å²) in [4.78, 5) is 37.1. The van der Waals surface area contributed by atoms with Crippen LogP contribution in [0, 0.1) is 13.8 Å². The van der Waals surface area contributed by atoms with Crippen LogP contribution in [0.25, 0.3) is 0 Å². The van der Waals surface area contributed by atoms with Crippen LogP contribution in [-0.4, -0.2) is 52.8 Å². The van der Waals surface area contributed by atoms with Crippen LogP contribution in [0.2, 0.25) is 0 Å². The highest BCUT2D eigenvalue weighted by molar-refractivity contribution is 7.92. The van der Waals surface area contributed by atoms with Crippen molar-refractivity contribution in [1.82, 2.24) is 0 Å². The number of rotatable bonds is 7. The fourth-order valence-corrected chi connectivity index (χ4v) is 4.38. The summed E-state index contributed by atoms with van der Waals surface area (Å²) < 4.78 is 35.6. The van der Waals surface area contributed by atoms with Gasteiger partial charge in [0.05, 0.1) is 43.0 Å². The van der Waals surface area contributed by atoms with Crippen LogP contribution < -0.4 is 9.62 Å². The molecule has 0 saturated carbocycles. The van der Waals surface area contributed by atoms with Crippen molar-refractivity contribution in [2.75, 3.05) is 30.1 Å². The predicted molar refractivity (Wildman–Crippen MR) is 120 cm³/mol. The second-order valence-corrected chi connectivity index (χ2v) is 9.12. The van der Waals surface area contributed by atoms with Gasteiger partial charge in [0.25, 0.3) is 0 Å². The van der Waals surface area contributed by atoms with Crippen LogP contribution in [-0.2, 0) is 24.3 Å². The van der Waals surface area contributed by atoms with Crippen molar-refractivity contribution in [2.24, 2.45) is 0 Å². The fraction of sp³-hybridized carbons (Fsp3) is 0.318. The van der Waals surface area contributed by atoms with Crippen molar-refractivity contribution in [2.45, 2.75) is 26.8 Å². The lowest BCUT2D eigenvalue weighted by atomic mass is 10.1. The number of hydrogen-bond acceptors (Lipinski definition) is 7. The number of anilines is 2. The first-order valence-electron chi connectivity index (χ1n) is 9.59. The zero-order valence-corrected chi connectivity index (χ0v) is 19.6. The molecule has 32 heavy (non-hydrogen) atoms. The van der Waals surface area contributed by atoms with E-state index in [9.17, 15) is 22.8 Å². The molecule has 0 radical (unpaired) electrons. The van der Waals surface area contributed by atoms with Gasteiger partial charge in [0, 0.05) is 0 Å². The van der Waals surface area contributed by atoms with Gasteiger partial charge in [-0.3, -0.25) is 9.10 Å². The van der Waals surface area contributed by atoms with Gasteiger partial charge in [-0.1, -0.05) is 12.1 Å². The summed E-state index contributed by atoms with van der Waals surface area (Å²) >= 11 is 0. The molecule has 0 aromatic heterocycles. The third kappa shape index (κ3) is 5.44. The van der Waals surface area contributed by atoms with Gasteiger partial charge in [0.2, 0.25) is 15.9 Å². The van der Waals surface area contributed by atoms with E-state index < -0.39 is 33.9 Å². The monoisotopic (exact) mass is 462 g/mol. The van der Waals surface area contributed by atoms with E-state index in [-0.39, 0.29) is 16.8 Å². The Bertz CT molecular complexity index is 1160. The van der Waals surface area contributed by atoms with E-state index in [0.29, 0.717) is 11.3 Å². The molecule has 0 aliphatic carbocycles. The molecule has 0 fully saturated rings. The maximum absolute atomic E-state index is 13.1. The Labute approximate surface area is 187 Å². The molecule has 1 atom stereocenters. The normalized spacial score (nSPS) is 11.9. The number of aryl methyl sites for hydroxylation is 2. The number of methoxy groups -OCH3 is 2. The van der Waals surface area contributed by atoms with E-state index in [1.807, 2.05) is 13.0 Å². The minimum Gasteiger partial charge on any atom is -0.465 e. The standard InChI is InChI=1S/C22H26N2O7S/c1-13-7-8-14(2)19(11-13)24(32(6,28)29)15(3)20(25)23-18-12-16(21(26)30-4)9-10-17(18)22(27)31-5/h7-12,15H,1-6H3,(H,23,25)/t15-/m0/s1. The van der Waals surface area contributed by atoms with Crippen LogP contribution in [0.3, 0.4) is 0 Å². The third-order valence-corrected chi connectivity index (χ3v) is 6.02. The number of esters is 2. The summed E-state index contributed by atoms with van der Waals surface area (Å²) in [6.07, 6.45) is 1.01. The maximum atomic E-state index is 13.1. The molecule has 2 rings (SSSR count). The Kier molecular flexibility index (Phi) is 7.63. The molecule has 0 unspecified atom stereocenters. The first-order chi connectivity index (χ1) is 14.9.